The van der Waals surface area contributed by atoms with Crippen molar-refractivity contribution in [1.82, 2.24) is 4.90 Å². The van der Waals surface area contributed by atoms with Crippen molar-refractivity contribution >= 4 is 34.0 Å². The van der Waals surface area contributed by atoms with Crippen LogP contribution in [-0.4, -0.2) is 36.0 Å². The van der Waals surface area contributed by atoms with Gasteiger partial charge in [-0.05, 0) is 43.5 Å². The lowest BCUT2D eigenvalue weighted by atomic mass is 10.0. The number of carbonyl (C=O) groups is 2. The van der Waals surface area contributed by atoms with E-state index in [2.05, 4.69) is 10.6 Å². The van der Waals surface area contributed by atoms with Crippen LogP contribution in [-0.2, 0) is 0 Å². The number of likely N-dealkylation sites (tertiary alicyclic amines) is 1. The number of piperidine rings is 1. The van der Waals surface area contributed by atoms with E-state index in [9.17, 15) is 9.59 Å². The summed E-state index contributed by atoms with van der Waals surface area (Å²) in [5.74, 6) is -0.00309. The van der Waals surface area contributed by atoms with Crippen LogP contribution in [0.25, 0.3) is 0 Å². The summed E-state index contributed by atoms with van der Waals surface area (Å²) in [6.45, 7) is 1.23. The van der Waals surface area contributed by atoms with Gasteiger partial charge in [0.15, 0.2) is 0 Å². The highest BCUT2D eigenvalue weighted by atomic mass is 32.1. The number of nitrogens with zero attached hydrogens (tertiary/aromatic N) is 1. The third-order valence-corrected chi connectivity index (χ3v) is 5.23. The molecule has 6 nitrogen and oxygen atoms in total. The maximum atomic E-state index is 12.7. The highest BCUT2D eigenvalue weighted by Gasteiger charge is 2.27. The molecule has 132 valence electrons. The molecule has 0 bridgehead atoms. The quantitative estimate of drug-likeness (QED) is 0.783. The minimum atomic E-state index is -0.329. The Hall–Kier alpha value is -2.38. The Labute approximate surface area is 151 Å². The number of nitrogens with one attached hydrogen (secondary N) is 2. The van der Waals surface area contributed by atoms with Crippen LogP contribution in [0, 0.1) is 0 Å². The Bertz CT molecular complexity index is 732. The smallest absolute Gasteiger partial charge is 0.324 e. The van der Waals surface area contributed by atoms with Crippen molar-refractivity contribution < 1.29 is 9.59 Å². The maximum Gasteiger partial charge on any atom is 0.324 e. The molecule has 2 aromatic rings. The van der Waals surface area contributed by atoms with Crippen LogP contribution >= 0.6 is 11.3 Å². The molecule has 1 unspecified atom stereocenters. The minimum Gasteiger partial charge on any atom is -0.334 e. The zero-order chi connectivity index (χ0) is 17.6. The number of hydrogen-bond acceptors (Lipinski definition) is 4. The Balaban J connectivity index is 1.61. The molecule has 4 N–H and O–H groups in total. The van der Waals surface area contributed by atoms with Gasteiger partial charge in [0.1, 0.15) is 0 Å². The molecule has 3 amide bonds. The lowest BCUT2D eigenvalue weighted by Gasteiger charge is -2.34. The number of carbonyl (C=O) groups excluding carboxylic acids is 2. The molecule has 1 aliphatic rings. The molecular weight excluding hydrogens is 336 g/mol. The molecule has 0 radical (unpaired) electrons. The first-order chi connectivity index (χ1) is 12.2. The molecule has 1 saturated heterocycles. The number of amides is 3. The number of hydrogen-bond donors (Lipinski definition) is 3. The average Bonchev–Trinajstić information content (AvgIpc) is 3.10. The fourth-order valence-corrected chi connectivity index (χ4v) is 3.83. The third kappa shape index (κ3) is 4.37. The molecule has 2 heterocycles. The summed E-state index contributed by atoms with van der Waals surface area (Å²) in [4.78, 5) is 27.2. The van der Waals surface area contributed by atoms with Crippen molar-refractivity contribution in [2.75, 3.05) is 23.7 Å². The minimum absolute atomic E-state index is 0.00309. The largest absolute Gasteiger partial charge is 0.334 e. The summed E-state index contributed by atoms with van der Waals surface area (Å²) < 4.78 is 0. The highest BCUT2D eigenvalue weighted by molar-refractivity contribution is 7.18. The predicted molar refractivity (Wildman–Crippen MR) is 101 cm³/mol. The standard InChI is InChI=1S/C18H22N4O2S/c19-12-14-8-4-5-11-22(14)17(23)15-9-10-16(25-15)21-18(24)20-13-6-2-1-3-7-13/h1-3,6-7,9-10,14H,4-5,8,11-12,19H2,(H2,20,21,24). The fourth-order valence-electron chi connectivity index (χ4n) is 2.97. The Morgan fingerprint density at radius 1 is 1.12 bits per heavy atom. The van der Waals surface area contributed by atoms with E-state index in [-0.39, 0.29) is 18.0 Å². The summed E-state index contributed by atoms with van der Waals surface area (Å²) >= 11 is 1.28. The zero-order valence-electron chi connectivity index (χ0n) is 13.9. The topological polar surface area (TPSA) is 87.5 Å². The number of urea groups is 1. The number of thiophene rings is 1. The van der Waals surface area contributed by atoms with Crippen LogP contribution in [0.5, 0.6) is 0 Å². The summed E-state index contributed by atoms with van der Waals surface area (Å²) in [6, 6.07) is 12.5. The van der Waals surface area contributed by atoms with E-state index in [0.717, 1.165) is 25.8 Å². The first-order valence-corrected chi connectivity index (χ1v) is 9.23. The maximum absolute atomic E-state index is 12.7. The summed E-state index contributed by atoms with van der Waals surface area (Å²) in [5, 5.41) is 6.16. The molecular formula is C18H22N4O2S. The lowest BCUT2D eigenvalue weighted by Crippen LogP contribution is -2.47. The van der Waals surface area contributed by atoms with Crippen molar-refractivity contribution in [1.29, 1.82) is 0 Å². The average molecular weight is 358 g/mol. The number of anilines is 2. The summed E-state index contributed by atoms with van der Waals surface area (Å²) in [5.41, 5.74) is 6.51. The third-order valence-electron chi connectivity index (χ3n) is 4.25. The van der Waals surface area contributed by atoms with Crippen molar-refractivity contribution in [3.63, 3.8) is 0 Å². The number of para-hydroxylation sites is 1. The van der Waals surface area contributed by atoms with Crippen molar-refractivity contribution in [2.45, 2.75) is 25.3 Å². The van der Waals surface area contributed by atoms with Gasteiger partial charge in [0.25, 0.3) is 5.91 Å². The van der Waals surface area contributed by atoms with E-state index in [0.29, 0.717) is 22.1 Å². The molecule has 1 aliphatic heterocycles. The van der Waals surface area contributed by atoms with Gasteiger partial charge in [0, 0.05) is 24.8 Å². The number of benzene rings is 1. The van der Waals surface area contributed by atoms with Crippen LogP contribution in [0.3, 0.4) is 0 Å². The normalized spacial score (nSPS) is 17.2. The molecule has 0 saturated carbocycles. The predicted octanol–water partition coefficient (Wildman–Crippen LogP) is 3.35. The van der Waals surface area contributed by atoms with Crippen molar-refractivity contribution in [3.8, 4) is 0 Å². The second-order valence-corrected chi connectivity index (χ2v) is 7.08. The molecule has 1 atom stereocenters. The van der Waals surface area contributed by atoms with E-state index in [4.69, 9.17) is 5.73 Å². The number of rotatable bonds is 4. The van der Waals surface area contributed by atoms with Crippen LogP contribution in [0.1, 0.15) is 28.9 Å². The molecule has 7 heteroatoms. The monoisotopic (exact) mass is 358 g/mol. The van der Waals surface area contributed by atoms with Crippen LogP contribution in [0.4, 0.5) is 15.5 Å². The summed E-state index contributed by atoms with van der Waals surface area (Å²) in [7, 11) is 0. The van der Waals surface area contributed by atoms with Gasteiger partial charge in [-0.15, -0.1) is 11.3 Å². The van der Waals surface area contributed by atoms with E-state index < -0.39 is 0 Å². The zero-order valence-corrected chi connectivity index (χ0v) is 14.7. The molecule has 0 spiro atoms. The number of nitrogens with two attached hydrogens (primary N) is 1. The van der Waals surface area contributed by atoms with E-state index in [1.165, 1.54) is 11.3 Å². The Morgan fingerprint density at radius 3 is 2.68 bits per heavy atom. The molecule has 1 fully saturated rings. The van der Waals surface area contributed by atoms with E-state index in [1.807, 2.05) is 35.2 Å². The van der Waals surface area contributed by atoms with Gasteiger partial charge in [0.2, 0.25) is 0 Å². The van der Waals surface area contributed by atoms with Crippen LogP contribution in [0.2, 0.25) is 0 Å². The first-order valence-electron chi connectivity index (χ1n) is 8.41. The molecule has 1 aromatic carbocycles. The SMILES string of the molecule is NCC1CCCCN1C(=O)c1ccc(NC(=O)Nc2ccccc2)s1. The van der Waals surface area contributed by atoms with Gasteiger partial charge >= 0.3 is 6.03 Å². The van der Waals surface area contributed by atoms with Crippen LogP contribution in [0.15, 0.2) is 42.5 Å². The van der Waals surface area contributed by atoms with Gasteiger partial charge < -0.3 is 16.0 Å². The fraction of sp³-hybridized carbons (Fsp3) is 0.333. The van der Waals surface area contributed by atoms with Crippen LogP contribution < -0.4 is 16.4 Å². The van der Waals surface area contributed by atoms with Crippen molar-refractivity contribution in [2.24, 2.45) is 5.73 Å². The van der Waals surface area contributed by atoms with Gasteiger partial charge in [0.05, 0.1) is 9.88 Å². The van der Waals surface area contributed by atoms with Gasteiger partial charge in [-0.3, -0.25) is 10.1 Å². The van der Waals surface area contributed by atoms with Gasteiger partial charge in [-0.1, -0.05) is 18.2 Å². The lowest BCUT2D eigenvalue weighted by molar-refractivity contribution is 0.0628. The Kier molecular flexibility index (Phi) is 5.67. The molecule has 1 aromatic heterocycles. The highest BCUT2D eigenvalue weighted by Crippen LogP contribution is 2.26. The van der Waals surface area contributed by atoms with Crippen molar-refractivity contribution in [3.05, 3.63) is 47.3 Å². The molecule has 25 heavy (non-hydrogen) atoms. The second kappa shape index (κ2) is 8.13. The van der Waals surface area contributed by atoms with E-state index >= 15 is 0 Å². The van der Waals surface area contributed by atoms with E-state index in [1.54, 1.807) is 12.1 Å². The molecule has 3 rings (SSSR count). The van der Waals surface area contributed by atoms with Gasteiger partial charge in [-0.25, -0.2) is 4.79 Å². The molecule has 0 aliphatic carbocycles. The first kappa shape index (κ1) is 17.4. The Morgan fingerprint density at radius 2 is 1.92 bits per heavy atom. The summed E-state index contributed by atoms with van der Waals surface area (Å²) in [6.07, 6.45) is 3.08. The van der Waals surface area contributed by atoms with Gasteiger partial charge in [-0.2, -0.15) is 0 Å². The second-order valence-electron chi connectivity index (χ2n) is 5.99.